The summed E-state index contributed by atoms with van der Waals surface area (Å²) in [5.41, 5.74) is 1.03. The van der Waals surface area contributed by atoms with Crippen LogP contribution >= 0.6 is 0 Å². The lowest BCUT2D eigenvalue weighted by molar-refractivity contribution is -0.123. The van der Waals surface area contributed by atoms with Crippen molar-refractivity contribution >= 4 is 17.8 Å². The van der Waals surface area contributed by atoms with Crippen LogP contribution in [0.3, 0.4) is 0 Å². The highest BCUT2D eigenvalue weighted by Gasteiger charge is 2.21. The normalized spacial score (nSPS) is 10.3. The van der Waals surface area contributed by atoms with Crippen molar-refractivity contribution in [1.29, 1.82) is 0 Å². The number of hydrogen-bond donors (Lipinski definition) is 1. The first-order valence-corrected chi connectivity index (χ1v) is 9.17. The highest BCUT2D eigenvalue weighted by atomic mass is 16.5. The molecule has 9 heteroatoms. The SMILES string of the molecule is CCc1c(C(=O)OCC(=O)NC(=O)c2ccccc2OC)cnn1-c1ccccn1. The van der Waals surface area contributed by atoms with E-state index in [2.05, 4.69) is 15.4 Å². The van der Waals surface area contributed by atoms with Crippen LogP contribution in [0.15, 0.2) is 54.9 Å². The van der Waals surface area contributed by atoms with Crippen molar-refractivity contribution < 1.29 is 23.9 Å². The Morgan fingerprint density at radius 2 is 1.83 bits per heavy atom. The lowest BCUT2D eigenvalue weighted by Gasteiger charge is -2.09. The molecule has 154 valence electrons. The molecule has 0 fully saturated rings. The minimum atomic E-state index is -0.755. The van der Waals surface area contributed by atoms with Crippen LogP contribution < -0.4 is 10.1 Å². The molecule has 30 heavy (non-hydrogen) atoms. The molecule has 0 aliphatic rings. The van der Waals surface area contributed by atoms with E-state index in [1.54, 1.807) is 41.2 Å². The van der Waals surface area contributed by atoms with Crippen LogP contribution in [-0.4, -0.2) is 46.3 Å². The van der Waals surface area contributed by atoms with Crippen molar-refractivity contribution in [3.63, 3.8) is 0 Å². The molecule has 2 heterocycles. The lowest BCUT2D eigenvalue weighted by atomic mass is 10.2. The molecular formula is C21H20N4O5. The number of amides is 2. The van der Waals surface area contributed by atoms with E-state index >= 15 is 0 Å². The van der Waals surface area contributed by atoms with Gasteiger partial charge in [0.15, 0.2) is 12.4 Å². The molecule has 0 saturated heterocycles. The number of aromatic nitrogens is 3. The van der Waals surface area contributed by atoms with Gasteiger partial charge in [-0.15, -0.1) is 0 Å². The number of methoxy groups -OCH3 is 1. The van der Waals surface area contributed by atoms with Crippen LogP contribution in [0.5, 0.6) is 5.75 Å². The largest absolute Gasteiger partial charge is 0.496 e. The summed E-state index contributed by atoms with van der Waals surface area (Å²) >= 11 is 0. The Balaban J connectivity index is 1.64. The van der Waals surface area contributed by atoms with Crippen LogP contribution in [0.25, 0.3) is 5.82 Å². The van der Waals surface area contributed by atoms with Gasteiger partial charge in [-0.2, -0.15) is 5.10 Å². The fourth-order valence-corrected chi connectivity index (χ4v) is 2.83. The number of hydrogen-bond acceptors (Lipinski definition) is 7. The molecule has 9 nitrogen and oxygen atoms in total. The van der Waals surface area contributed by atoms with Crippen molar-refractivity contribution in [3.05, 3.63) is 71.7 Å². The van der Waals surface area contributed by atoms with E-state index in [1.807, 2.05) is 13.0 Å². The van der Waals surface area contributed by atoms with Gasteiger partial charge in [-0.1, -0.05) is 25.1 Å². The molecule has 0 spiro atoms. The van der Waals surface area contributed by atoms with Gasteiger partial charge in [0.2, 0.25) is 0 Å². The second kappa shape index (κ2) is 9.46. The third-order valence-electron chi connectivity index (χ3n) is 4.23. The van der Waals surface area contributed by atoms with E-state index in [-0.39, 0.29) is 11.1 Å². The first-order chi connectivity index (χ1) is 14.5. The predicted molar refractivity (Wildman–Crippen MR) is 106 cm³/mol. The number of benzene rings is 1. The third kappa shape index (κ3) is 4.52. The molecule has 0 atom stereocenters. The van der Waals surface area contributed by atoms with Gasteiger partial charge >= 0.3 is 5.97 Å². The molecule has 0 aliphatic carbocycles. The molecule has 1 aromatic carbocycles. The molecule has 0 unspecified atom stereocenters. The van der Waals surface area contributed by atoms with E-state index in [0.29, 0.717) is 23.7 Å². The second-order valence-corrected chi connectivity index (χ2v) is 6.11. The van der Waals surface area contributed by atoms with Gasteiger partial charge in [-0.3, -0.25) is 14.9 Å². The zero-order valence-electron chi connectivity index (χ0n) is 16.5. The zero-order valence-corrected chi connectivity index (χ0v) is 16.5. The quantitative estimate of drug-likeness (QED) is 0.595. The zero-order chi connectivity index (χ0) is 21.5. The van der Waals surface area contributed by atoms with Crippen LogP contribution in [0.2, 0.25) is 0 Å². The van der Waals surface area contributed by atoms with E-state index < -0.39 is 24.4 Å². The standard InChI is InChI=1S/C21H20N4O5/c1-3-16-15(12-23-25(16)18-10-6-7-11-22-18)21(28)30-13-19(26)24-20(27)14-8-4-5-9-17(14)29-2/h4-12H,3,13H2,1-2H3,(H,24,26,27). The van der Waals surface area contributed by atoms with Crippen molar-refractivity contribution in [3.8, 4) is 11.6 Å². The average molecular weight is 408 g/mol. The van der Waals surface area contributed by atoms with Gasteiger partial charge in [-0.25, -0.2) is 14.5 Å². The molecule has 3 aromatic rings. The summed E-state index contributed by atoms with van der Waals surface area (Å²) in [7, 11) is 1.42. The number of imide groups is 1. The number of esters is 1. The minimum absolute atomic E-state index is 0.199. The smallest absolute Gasteiger partial charge is 0.342 e. The number of ether oxygens (including phenoxy) is 2. The fraction of sp³-hybridized carbons (Fsp3) is 0.190. The maximum Gasteiger partial charge on any atom is 0.342 e. The number of carbonyl (C=O) groups is 3. The molecule has 0 radical (unpaired) electrons. The lowest BCUT2D eigenvalue weighted by Crippen LogP contribution is -2.34. The number of rotatable bonds is 7. The van der Waals surface area contributed by atoms with Crippen molar-refractivity contribution in [1.82, 2.24) is 20.1 Å². The number of nitrogens with one attached hydrogen (secondary N) is 1. The van der Waals surface area contributed by atoms with E-state index in [0.717, 1.165) is 0 Å². The Morgan fingerprint density at radius 3 is 2.53 bits per heavy atom. The van der Waals surface area contributed by atoms with Gasteiger partial charge in [0.1, 0.15) is 11.3 Å². The summed E-state index contributed by atoms with van der Waals surface area (Å²) in [6.07, 6.45) is 3.49. The fourth-order valence-electron chi connectivity index (χ4n) is 2.83. The van der Waals surface area contributed by atoms with E-state index in [1.165, 1.54) is 19.4 Å². The van der Waals surface area contributed by atoms with Crippen LogP contribution in [-0.2, 0) is 16.0 Å². The monoisotopic (exact) mass is 408 g/mol. The summed E-state index contributed by atoms with van der Waals surface area (Å²) in [6.45, 7) is 1.25. The predicted octanol–water partition coefficient (Wildman–Crippen LogP) is 1.95. The maximum atomic E-state index is 12.4. The molecule has 0 aliphatic heterocycles. The number of para-hydroxylation sites is 1. The Kier molecular flexibility index (Phi) is 6.53. The van der Waals surface area contributed by atoms with Crippen LogP contribution in [0.4, 0.5) is 0 Å². The topological polar surface area (TPSA) is 112 Å². The average Bonchev–Trinajstić information content (AvgIpc) is 3.22. The molecule has 3 rings (SSSR count). The molecular weight excluding hydrogens is 388 g/mol. The number of carbonyl (C=O) groups excluding carboxylic acids is 3. The van der Waals surface area contributed by atoms with Crippen molar-refractivity contribution in [2.24, 2.45) is 0 Å². The Hall–Kier alpha value is -4.01. The highest BCUT2D eigenvalue weighted by Crippen LogP contribution is 2.17. The maximum absolute atomic E-state index is 12.4. The second-order valence-electron chi connectivity index (χ2n) is 6.11. The number of nitrogens with zero attached hydrogens (tertiary/aromatic N) is 3. The Bertz CT molecular complexity index is 1060. The highest BCUT2D eigenvalue weighted by molar-refractivity contribution is 6.07. The Morgan fingerprint density at radius 1 is 1.07 bits per heavy atom. The van der Waals surface area contributed by atoms with Gasteiger partial charge < -0.3 is 9.47 Å². The summed E-state index contributed by atoms with van der Waals surface area (Å²) in [4.78, 5) is 41.0. The first kappa shape index (κ1) is 20.7. The molecule has 0 bridgehead atoms. The number of pyridine rings is 1. The van der Waals surface area contributed by atoms with Gasteiger partial charge in [0, 0.05) is 6.20 Å². The minimum Gasteiger partial charge on any atom is -0.496 e. The van der Waals surface area contributed by atoms with Gasteiger partial charge in [0.25, 0.3) is 11.8 Å². The van der Waals surface area contributed by atoms with Gasteiger partial charge in [-0.05, 0) is 30.7 Å². The third-order valence-corrected chi connectivity index (χ3v) is 4.23. The summed E-state index contributed by atoms with van der Waals surface area (Å²) in [5.74, 6) is -1.23. The molecule has 2 amide bonds. The van der Waals surface area contributed by atoms with Crippen LogP contribution in [0, 0.1) is 0 Å². The summed E-state index contributed by atoms with van der Waals surface area (Å²) in [6, 6.07) is 11.8. The van der Waals surface area contributed by atoms with Crippen LogP contribution in [0.1, 0.15) is 33.3 Å². The first-order valence-electron chi connectivity index (χ1n) is 9.17. The summed E-state index contributed by atoms with van der Waals surface area (Å²) < 4.78 is 11.7. The van der Waals surface area contributed by atoms with Crippen molar-refractivity contribution in [2.75, 3.05) is 13.7 Å². The van der Waals surface area contributed by atoms with E-state index in [9.17, 15) is 14.4 Å². The molecule has 1 N–H and O–H groups in total. The Labute approximate surface area is 172 Å². The summed E-state index contributed by atoms with van der Waals surface area (Å²) in [5, 5.41) is 6.37. The van der Waals surface area contributed by atoms with Crippen molar-refractivity contribution in [2.45, 2.75) is 13.3 Å². The van der Waals surface area contributed by atoms with E-state index in [4.69, 9.17) is 9.47 Å². The van der Waals surface area contributed by atoms with Gasteiger partial charge in [0.05, 0.1) is 24.6 Å². The molecule has 2 aromatic heterocycles. The molecule has 0 saturated carbocycles.